The second-order valence-corrected chi connectivity index (χ2v) is 8.18. The van der Waals surface area contributed by atoms with E-state index >= 15 is 0 Å². The van der Waals surface area contributed by atoms with Crippen LogP contribution in [0.2, 0.25) is 10.0 Å². The molecule has 0 bridgehead atoms. The zero-order chi connectivity index (χ0) is 18.0. The highest BCUT2D eigenvalue weighted by atomic mass is 35.5. The van der Waals surface area contributed by atoms with Crippen molar-refractivity contribution in [3.05, 3.63) is 51.5 Å². The predicted molar refractivity (Wildman–Crippen MR) is 104 cm³/mol. The molecule has 26 heavy (non-hydrogen) atoms. The van der Waals surface area contributed by atoms with Crippen molar-refractivity contribution >= 4 is 35.0 Å². The lowest BCUT2D eigenvalue weighted by Crippen LogP contribution is -2.47. The summed E-state index contributed by atoms with van der Waals surface area (Å²) in [6.07, 6.45) is 1.09. The number of hydrogen-bond acceptors (Lipinski definition) is 2. The maximum Gasteiger partial charge on any atom is 0.407 e. The number of nitrogens with zero attached hydrogens (tertiary/aromatic N) is 2. The molecule has 3 heterocycles. The topological polar surface area (TPSA) is 43.8 Å². The number of piperidine rings is 1. The van der Waals surface area contributed by atoms with Gasteiger partial charge in [-0.3, -0.25) is 0 Å². The third kappa shape index (κ3) is 2.32. The average molecular weight is 389 g/mol. The van der Waals surface area contributed by atoms with Gasteiger partial charge in [0.25, 0.3) is 0 Å². The molecule has 0 aromatic heterocycles. The SMILES string of the molecule is O=C(O)N1CC[C@@H]2[C@@H](C1)c1cc(-c3cc(Cl)ccc3Cl)cc3c1N2CC3. The van der Waals surface area contributed by atoms with Crippen LogP contribution in [0.5, 0.6) is 0 Å². The maximum atomic E-state index is 11.5. The highest BCUT2D eigenvalue weighted by Crippen LogP contribution is 2.51. The van der Waals surface area contributed by atoms with Crippen molar-refractivity contribution in [3.8, 4) is 11.1 Å². The summed E-state index contributed by atoms with van der Waals surface area (Å²) >= 11 is 12.6. The quantitative estimate of drug-likeness (QED) is 0.757. The summed E-state index contributed by atoms with van der Waals surface area (Å²) in [5.41, 5.74) is 5.94. The molecule has 0 aliphatic carbocycles. The smallest absolute Gasteiger partial charge is 0.407 e. The fourth-order valence-electron chi connectivity index (χ4n) is 4.89. The van der Waals surface area contributed by atoms with Gasteiger partial charge in [0.1, 0.15) is 0 Å². The van der Waals surface area contributed by atoms with E-state index in [2.05, 4.69) is 17.0 Å². The van der Waals surface area contributed by atoms with Crippen LogP contribution in [0.3, 0.4) is 0 Å². The van der Waals surface area contributed by atoms with Gasteiger partial charge in [-0.1, -0.05) is 23.2 Å². The largest absolute Gasteiger partial charge is 0.465 e. The molecule has 1 fully saturated rings. The van der Waals surface area contributed by atoms with E-state index in [4.69, 9.17) is 23.2 Å². The Hall–Kier alpha value is -1.91. The second-order valence-electron chi connectivity index (χ2n) is 7.33. The van der Waals surface area contributed by atoms with Crippen LogP contribution >= 0.6 is 23.2 Å². The Balaban J connectivity index is 1.63. The molecule has 1 amide bonds. The van der Waals surface area contributed by atoms with Crippen molar-refractivity contribution in [3.63, 3.8) is 0 Å². The molecule has 1 saturated heterocycles. The Morgan fingerprint density at radius 2 is 2.00 bits per heavy atom. The molecule has 2 aromatic rings. The van der Waals surface area contributed by atoms with Gasteiger partial charge in [0.05, 0.1) is 0 Å². The van der Waals surface area contributed by atoms with Crippen molar-refractivity contribution in [2.24, 2.45) is 0 Å². The maximum absolute atomic E-state index is 11.5. The molecule has 4 nitrogen and oxygen atoms in total. The molecule has 3 aliphatic rings. The third-order valence-electron chi connectivity index (χ3n) is 6.01. The summed E-state index contributed by atoms with van der Waals surface area (Å²) in [5.74, 6) is 0.229. The number of halogens is 2. The summed E-state index contributed by atoms with van der Waals surface area (Å²) in [4.78, 5) is 15.5. The average Bonchev–Trinajstić information content (AvgIpc) is 3.19. The van der Waals surface area contributed by atoms with Gasteiger partial charge in [0.2, 0.25) is 0 Å². The lowest BCUT2D eigenvalue weighted by atomic mass is 9.86. The fourth-order valence-corrected chi connectivity index (χ4v) is 5.29. The minimum Gasteiger partial charge on any atom is -0.465 e. The summed E-state index contributed by atoms with van der Waals surface area (Å²) in [7, 11) is 0. The molecule has 0 saturated carbocycles. The molecule has 5 rings (SSSR count). The molecule has 3 aliphatic heterocycles. The summed E-state index contributed by atoms with van der Waals surface area (Å²) in [5, 5.41) is 10.8. The van der Waals surface area contributed by atoms with Crippen LogP contribution in [0.1, 0.15) is 23.5 Å². The van der Waals surface area contributed by atoms with Gasteiger partial charge in [0, 0.05) is 52.9 Å². The molecule has 0 spiro atoms. The number of hydrogen-bond donors (Lipinski definition) is 1. The Bertz CT molecular complexity index is 930. The Morgan fingerprint density at radius 3 is 2.81 bits per heavy atom. The number of carboxylic acid groups (broad SMARTS) is 1. The fraction of sp³-hybridized carbons (Fsp3) is 0.350. The molecule has 2 atom stereocenters. The van der Waals surface area contributed by atoms with E-state index in [0.29, 0.717) is 29.2 Å². The monoisotopic (exact) mass is 388 g/mol. The number of benzene rings is 2. The lowest BCUT2D eigenvalue weighted by molar-refractivity contribution is 0.127. The first-order valence-corrected chi connectivity index (χ1v) is 9.65. The second kappa shape index (κ2) is 5.80. The molecular weight excluding hydrogens is 371 g/mol. The van der Waals surface area contributed by atoms with Crippen molar-refractivity contribution in [2.75, 3.05) is 24.5 Å². The van der Waals surface area contributed by atoms with Crippen LogP contribution < -0.4 is 4.90 Å². The van der Waals surface area contributed by atoms with E-state index in [9.17, 15) is 9.90 Å². The lowest BCUT2D eigenvalue weighted by Gasteiger charge is -2.37. The van der Waals surface area contributed by atoms with Crippen molar-refractivity contribution < 1.29 is 9.90 Å². The zero-order valence-electron chi connectivity index (χ0n) is 14.1. The van der Waals surface area contributed by atoms with E-state index in [1.807, 2.05) is 12.1 Å². The molecule has 6 heteroatoms. The van der Waals surface area contributed by atoms with Gasteiger partial charge in [-0.05, 0) is 59.9 Å². The van der Waals surface area contributed by atoms with E-state index in [1.165, 1.54) is 16.8 Å². The summed E-state index contributed by atoms with van der Waals surface area (Å²) < 4.78 is 0. The van der Waals surface area contributed by atoms with E-state index in [-0.39, 0.29) is 5.92 Å². The Kier molecular flexibility index (Phi) is 3.63. The molecule has 1 N–H and O–H groups in total. The highest BCUT2D eigenvalue weighted by Gasteiger charge is 2.45. The van der Waals surface area contributed by atoms with Gasteiger partial charge in [-0.25, -0.2) is 4.79 Å². The number of amides is 1. The van der Waals surface area contributed by atoms with E-state index in [1.54, 1.807) is 11.0 Å². The van der Waals surface area contributed by atoms with Crippen LogP contribution in [0, 0.1) is 0 Å². The standard InChI is InChI=1S/C20H18Cl2N2O2/c21-13-1-2-17(22)14(9-13)12-7-11-3-6-24-18-4-5-23(20(25)26)10-16(18)15(8-12)19(11)24/h1-2,7-9,16,18H,3-6,10H2,(H,25,26)/t16-,18+/m0/s1. The highest BCUT2D eigenvalue weighted by molar-refractivity contribution is 6.35. The molecule has 0 unspecified atom stereocenters. The van der Waals surface area contributed by atoms with E-state index < -0.39 is 6.09 Å². The number of fused-ring (bicyclic) bond motifs is 3. The van der Waals surface area contributed by atoms with Crippen molar-refractivity contribution in [1.29, 1.82) is 0 Å². The van der Waals surface area contributed by atoms with Gasteiger partial charge in [-0.2, -0.15) is 0 Å². The number of rotatable bonds is 1. The van der Waals surface area contributed by atoms with Crippen LogP contribution in [0.15, 0.2) is 30.3 Å². The zero-order valence-corrected chi connectivity index (χ0v) is 15.6. The van der Waals surface area contributed by atoms with Crippen molar-refractivity contribution in [1.82, 2.24) is 4.90 Å². The Morgan fingerprint density at radius 1 is 1.15 bits per heavy atom. The van der Waals surface area contributed by atoms with Gasteiger partial charge in [-0.15, -0.1) is 0 Å². The van der Waals surface area contributed by atoms with Crippen LogP contribution in [-0.2, 0) is 6.42 Å². The number of likely N-dealkylation sites (tertiary alicyclic amines) is 1. The predicted octanol–water partition coefficient (Wildman–Crippen LogP) is 4.87. The third-order valence-corrected chi connectivity index (χ3v) is 6.58. The number of anilines is 1. The van der Waals surface area contributed by atoms with Crippen LogP contribution in [-0.4, -0.2) is 41.8 Å². The first-order valence-electron chi connectivity index (χ1n) is 8.89. The Labute approximate surface area is 161 Å². The first kappa shape index (κ1) is 16.3. The first-order chi connectivity index (χ1) is 12.5. The van der Waals surface area contributed by atoms with Crippen LogP contribution in [0.25, 0.3) is 11.1 Å². The normalized spacial score (nSPS) is 23.2. The minimum atomic E-state index is -0.824. The number of carbonyl (C=O) groups is 1. The van der Waals surface area contributed by atoms with Gasteiger partial charge >= 0.3 is 6.09 Å². The molecule has 2 aromatic carbocycles. The van der Waals surface area contributed by atoms with E-state index in [0.717, 1.165) is 30.5 Å². The van der Waals surface area contributed by atoms with Crippen LogP contribution in [0.4, 0.5) is 10.5 Å². The molecule has 134 valence electrons. The summed E-state index contributed by atoms with van der Waals surface area (Å²) in [6, 6.07) is 10.4. The molecular formula is C20H18Cl2N2O2. The van der Waals surface area contributed by atoms with Gasteiger partial charge in [0.15, 0.2) is 0 Å². The van der Waals surface area contributed by atoms with Gasteiger partial charge < -0.3 is 14.9 Å². The van der Waals surface area contributed by atoms with Crippen molar-refractivity contribution in [2.45, 2.75) is 24.8 Å². The summed E-state index contributed by atoms with van der Waals surface area (Å²) in [6.45, 7) is 2.20. The molecule has 0 radical (unpaired) electrons. The minimum absolute atomic E-state index is 0.229.